The lowest BCUT2D eigenvalue weighted by Gasteiger charge is -2.09. The van der Waals surface area contributed by atoms with E-state index in [4.69, 9.17) is 0 Å². The van der Waals surface area contributed by atoms with Crippen LogP contribution in [0.5, 0.6) is 0 Å². The summed E-state index contributed by atoms with van der Waals surface area (Å²) in [5.41, 5.74) is 1.40. The van der Waals surface area contributed by atoms with Crippen LogP contribution in [0.1, 0.15) is 11.6 Å². The lowest BCUT2D eigenvalue weighted by Crippen LogP contribution is -2.23. The van der Waals surface area contributed by atoms with Crippen LogP contribution >= 0.6 is 27.7 Å². The van der Waals surface area contributed by atoms with Crippen LogP contribution in [0.2, 0.25) is 0 Å². The van der Waals surface area contributed by atoms with E-state index >= 15 is 0 Å². The summed E-state index contributed by atoms with van der Waals surface area (Å²) in [5, 5.41) is 12.7. The molecule has 1 atom stereocenters. The molecule has 21 heavy (non-hydrogen) atoms. The third kappa shape index (κ3) is 2.41. The average molecular weight is 370 g/mol. The van der Waals surface area contributed by atoms with E-state index in [2.05, 4.69) is 36.8 Å². The summed E-state index contributed by atoms with van der Waals surface area (Å²) in [7, 11) is 3.39. The van der Waals surface area contributed by atoms with E-state index in [1.165, 1.54) is 16.3 Å². The molecule has 3 N–H and O–H groups in total. The van der Waals surface area contributed by atoms with Gasteiger partial charge in [0.15, 0.2) is 5.16 Å². The van der Waals surface area contributed by atoms with E-state index in [0.29, 0.717) is 5.16 Å². The maximum Gasteiger partial charge on any atom is 0.343 e. The highest BCUT2D eigenvalue weighted by Crippen LogP contribution is 2.40. The molecule has 0 aliphatic carbocycles. The quantitative estimate of drug-likeness (QED) is 0.756. The molecule has 1 aromatic heterocycles. The van der Waals surface area contributed by atoms with Gasteiger partial charge < -0.3 is 10.6 Å². The van der Waals surface area contributed by atoms with Gasteiger partial charge in [-0.25, -0.2) is 9.89 Å². The van der Waals surface area contributed by atoms with Gasteiger partial charge >= 0.3 is 5.69 Å². The van der Waals surface area contributed by atoms with Crippen molar-refractivity contribution in [3.63, 3.8) is 0 Å². The van der Waals surface area contributed by atoms with Crippen molar-refractivity contribution in [2.45, 2.75) is 16.1 Å². The summed E-state index contributed by atoms with van der Waals surface area (Å²) >= 11 is 4.84. The highest BCUT2D eigenvalue weighted by Gasteiger charge is 2.30. The van der Waals surface area contributed by atoms with Crippen LogP contribution < -0.4 is 16.3 Å². The molecule has 0 spiro atoms. The van der Waals surface area contributed by atoms with E-state index in [9.17, 15) is 9.59 Å². The molecule has 0 bridgehead atoms. The van der Waals surface area contributed by atoms with Crippen molar-refractivity contribution in [2.75, 3.05) is 12.4 Å². The second-order valence-corrected chi connectivity index (χ2v) is 6.42. The number of H-pyrrole nitrogens is 1. The van der Waals surface area contributed by atoms with Gasteiger partial charge in [0.2, 0.25) is 5.91 Å². The Morgan fingerprint density at radius 2 is 2.19 bits per heavy atom. The molecule has 1 aromatic carbocycles. The number of hydrogen-bond acceptors (Lipinski definition) is 5. The summed E-state index contributed by atoms with van der Waals surface area (Å²) < 4.78 is 2.28. The molecule has 0 radical (unpaired) electrons. The largest absolute Gasteiger partial charge is 0.343 e. The molecule has 0 fully saturated rings. The zero-order valence-electron chi connectivity index (χ0n) is 11.2. The minimum absolute atomic E-state index is 0.0753. The molecule has 0 saturated carbocycles. The molecular weight excluding hydrogens is 358 g/mol. The molecule has 9 heteroatoms. The number of fused-ring (bicyclic) bond motifs is 1. The first-order valence-corrected chi connectivity index (χ1v) is 7.73. The van der Waals surface area contributed by atoms with Crippen molar-refractivity contribution in [1.82, 2.24) is 20.1 Å². The van der Waals surface area contributed by atoms with Crippen molar-refractivity contribution >= 4 is 39.3 Å². The van der Waals surface area contributed by atoms with Crippen LogP contribution in [0, 0.1) is 0 Å². The highest BCUT2D eigenvalue weighted by molar-refractivity contribution is 9.10. The van der Waals surface area contributed by atoms with Crippen LogP contribution in [-0.4, -0.2) is 27.7 Å². The van der Waals surface area contributed by atoms with E-state index in [-0.39, 0.29) is 17.6 Å². The summed E-state index contributed by atoms with van der Waals surface area (Å²) in [6, 6.07) is 3.44. The van der Waals surface area contributed by atoms with E-state index in [1.54, 1.807) is 14.1 Å². The Kier molecular flexibility index (Phi) is 3.64. The number of amides is 1. The Morgan fingerprint density at radius 3 is 2.81 bits per heavy atom. The smallest absolute Gasteiger partial charge is 0.324 e. The van der Waals surface area contributed by atoms with Gasteiger partial charge in [0.05, 0.1) is 0 Å². The summed E-state index contributed by atoms with van der Waals surface area (Å²) in [6.45, 7) is 0. The number of benzene rings is 1. The van der Waals surface area contributed by atoms with E-state index in [1.807, 2.05) is 12.1 Å². The molecule has 7 nitrogen and oxygen atoms in total. The lowest BCUT2D eigenvalue weighted by molar-refractivity contribution is -0.117. The SMILES string of the molecule is CNC1C(=O)Nc2cc(Sc3n[nH]c(=O)n3C)c(Br)cc21. The Labute approximate surface area is 132 Å². The molecule has 2 heterocycles. The zero-order valence-corrected chi connectivity index (χ0v) is 13.6. The maximum absolute atomic E-state index is 11.8. The average Bonchev–Trinajstić information content (AvgIpc) is 2.92. The number of carbonyl (C=O) groups excluding carboxylic acids is 1. The number of nitrogens with one attached hydrogen (secondary N) is 3. The third-order valence-electron chi connectivity index (χ3n) is 3.26. The normalized spacial score (nSPS) is 16.9. The first kappa shape index (κ1) is 14.4. The van der Waals surface area contributed by atoms with Crippen LogP contribution in [0.15, 0.2) is 31.5 Å². The number of rotatable bonds is 3. The van der Waals surface area contributed by atoms with Crippen LogP contribution in [0.25, 0.3) is 0 Å². The fourth-order valence-corrected chi connectivity index (χ4v) is 3.59. The molecule has 110 valence electrons. The minimum atomic E-state index is -0.343. The fraction of sp³-hybridized carbons (Fsp3) is 0.250. The van der Waals surface area contributed by atoms with Gasteiger partial charge in [0, 0.05) is 27.7 Å². The summed E-state index contributed by atoms with van der Waals surface area (Å²) in [6.07, 6.45) is 0. The second kappa shape index (κ2) is 5.32. The molecule has 3 rings (SSSR count). The molecule has 1 aliphatic heterocycles. The van der Waals surface area contributed by atoms with Gasteiger partial charge in [-0.1, -0.05) is 0 Å². The highest BCUT2D eigenvalue weighted by atomic mass is 79.9. The fourth-order valence-electron chi connectivity index (χ4n) is 2.15. The van der Waals surface area contributed by atoms with Crippen LogP contribution in [0.4, 0.5) is 5.69 Å². The van der Waals surface area contributed by atoms with Crippen LogP contribution in [-0.2, 0) is 11.8 Å². The second-order valence-electron chi connectivity index (χ2n) is 4.55. The van der Waals surface area contributed by atoms with E-state index in [0.717, 1.165) is 20.6 Å². The van der Waals surface area contributed by atoms with Crippen molar-refractivity contribution in [2.24, 2.45) is 7.05 Å². The molecule has 0 saturated heterocycles. The lowest BCUT2D eigenvalue weighted by atomic mass is 10.1. The van der Waals surface area contributed by atoms with Gasteiger partial charge in [0.1, 0.15) is 6.04 Å². The van der Waals surface area contributed by atoms with Crippen LogP contribution in [0.3, 0.4) is 0 Å². The predicted molar refractivity (Wildman–Crippen MR) is 82.5 cm³/mol. The number of halogens is 1. The van der Waals surface area contributed by atoms with Gasteiger partial charge in [-0.05, 0) is 46.9 Å². The van der Waals surface area contributed by atoms with Crippen molar-refractivity contribution < 1.29 is 4.79 Å². The molecule has 1 unspecified atom stereocenters. The first-order valence-electron chi connectivity index (χ1n) is 6.12. The van der Waals surface area contributed by atoms with Gasteiger partial charge in [-0.15, -0.1) is 5.10 Å². The third-order valence-corrected chi connectivity index (χ3v) is 5.29. The topological polar surface area (TPSA) is 91.8 Å². The number of likely N-dealkylation sites (N-methyl/N-ethyl adjacent to an activating group) is 1. The zero-order chi connectivity index (χ0) is 15.1. The molecular formula is C12H12BrN5O2S. The van der Waals surface area contributed by atoms with Crippen molar-refractivity contribution in [3.05, 3.63) is 32.7 Å². The molecule has 1 amide bonds. The Balaban J connectivity index is 1.99. The van der Waals surface area contributed by atoms with Gasteiger partial charge in [-0.2, -0.15) is 0 Å². The maximum atomic E-state index is 11.8. The van der Waals surface area contributed by atoms with Gasteiger partial charge in [-0.3, -0.25) is 9.36 Å². The number of anilines is 1. The monoisotopic (exact) mass is 369 g/mol. The number of aromatic amines is 1. The Morgan fingerprint density at radius 1 is 1.43 bits per heavy atom. The van der Waals surface area contributed by atoms with Crippen molar-refractivity contribution in [1.29, 1.82) is 0 Å². The van der Waals surface area contributed by atoms with Crippen molar-refractivity contribution in [3.8, 4) is 0 Å². The Bertz CT molecular complexity index is 784. The number of aromatic nitrogens is 3. The number of hydrogen-bond donors (Lipinski definition) is 3. The standard InChI is InChI=1S/C12H12BrN5O2S/c1-14-9-5-3-6(13)8(4-7(5)15-10(9)19)21-12-17-16-11(20)18(12)2/h3-4,9,14H,1-2H3,(H,15,19)(H,16,20). The molecule has 1 aliphatic rings. The predicted octanol–water partition coefficient (Wildman–Crippen LogP) is 1.23. The van der Waals surface area contributed by atoms with E-state index < -0.39 is 0 Å². The summed E-state index contributed by atoms with van der Waals surface area (Å²) in [4.78, 5) is 24.1. The number of nitrogens with zero attached hydrogens (tertiary/aromatic N) is 2. The van der Waals surface area contributed by atoms with Gasteiger partial charge in [0.25, 0.3) is 0 Å². The summed E-state index contributed by atoms with van der Waals surface area (Å²) in [5.74, 6) is -0.0753. The Hall–Kier alpha value is -1.58. The molecule has 2 aromatic rings. The first-order chi connectivity index (χ1) is 10.0. The minimum Gasteiger partial charge on any atom is -0.324 e. The number of carbonyl (C=O) groups is 1.